The number of nitrogens with zero attached hydrogens (tertiary/aromatic N) is 2. The summed E-state index contributed by atoms with van der Waals surface area (Å²) in [5.41, 5.74) is 3.23. The minimum atomic E-state index is 0. The number of rotatable bonds is 3. The second-order valence-corrected chi connectivity index (χ2v) is 4.99. The number of aryl methyl sites for hydroxylation is 2. The number of H-pyrrole nitrogens is 1. The van der Waals surface area contributed by atoms with E-state index in [9.17, 15) is 4.79 Å². The van der Waals surface area contributed by atoms with Gasteiger partial charge < -0.3 is 14.8 Å². The number of carbonyl (C=O) groups excluding carboxylic acids is 1. The molecule has 0 unspecified atom stereocenters. The van der Waals surface area contributed by atoms with Gasteiger partial charge in [-0.05, 0) is 31.5 Å². The first-order chi connectivity index (χ1) is 8.65. The minimum Gasteiger partial charge on any atom is -0.354 e. The summed E-state index contributed by atoms with van der Waals surface area (Å²) in [6.07, 6.45) is 1.94. The van der Waals surface area contributed by atoms with Crippen LogP contribution in [0.15, 0.2) is 6.07 Å². The molecule has 1 saturated heterocycles. The average molecular weight is 251 g/mol. The van der Waals surface area contributed by atoms with Crippen molar-refractivity contribution in [3.05, 3.63) is 23.0 Å². The van der Waals surface area contributed by atoms with Gasteiger partial charge in [0.2, 0.25) is 0 Å². The maximum Gasteiger partial charge on any atom is 0.270 e. The molecule has 0 aliphatic carbocycles. The quantitative estimate of drug-likeness (QED) is 0.889. The van der Waals surface area contributed by atoms with Gasteiger partial charge in [-0.15, -0.1) is 0 Å². The lowest BCUT2D eigenvalue weighted by Gasteiger charge is -2.32. The van der Waals surface area contributed by atoms with Crippen molar-refractivity contribution < 1.29 is 6.22 Å². The number of aromatic amines is 1. The highest BCUT2D eigenvalue weighted by Crippen LogP contribution is 2.15. The van der Waals surface area contributed by atoms with Crippen molar-refractivity contribution in [2.24, 2.45) is 0 Å². The third-order valence-electron chi connectivity index (χ3n) is 3.75. The van der Waals surface area contributed by atoms with Crippen LogP contribution in [0.4, 0.5) is 0 Å². The fourth-order valence-corrected chi connectivity index (χ4v) is 2.47. The summed E-state index contributed by atoms with van der Waals surface area (Å²) in [7, 11) is 2.10. The van der Waals surface area contributed by atoms with E-state index >= 15 is 0 Å². The molecule has 1 amide bonds. The molecule has 0 aromatic carbocycles. The highest BCUT2D eigenvalue weighted by atomic mass is 16.2. The zero-order chi connectivity index (χ0) is 13.1. The molecule has 1 fully saturated rings. The second kappa shape index (κ2) is 5.57. The SMILES string of the molecule is CCc1cc(C(=O)N2CCN(C)CC2)[nH]c1CC.[HH]. The van der Waals surface area contributed by atoms with Crippen LogP contribution in [0.2, 0.25) is 0 Å². The average Bonchev–Trinajstić information content (AvgIpc) is 2.82. The van der Waals surface area contributed by atoms with Crippen LogP contribution in [-0.2, 0) is 12.8 Å². The van der Waals surface area contributed by atoms with Gasteiger partial charge in [0.05, 0.1) is 0 Å². The number of piperazine rings is 1. The maximum absolute atomic E-state index is 12.4. The zero-order valence-corrected chi connectivity index (χ0v) is 11.6. The third kappa shape index (κ3) is 2.58. The fourth-order valence-electron chi connectivity index (χ4n) is 2.47. The lowest BCUT2D eigenvalue weighted by atomic mass is 10.1. The predicted octanol–water partition coefficient (Wildman–Crippen LogP) is 1.77. The number of nitrogens with one attached hydrogen (secondary N) is 1. The summed E-state index contributed by atoms with van der Waals surface area (Å²) in [6.45, 7) is 7.84. The lowest BCUT2D eigenvalue weighted by Crippen LogP contribution is -2.47. The van der Waals surface area contributed by atoms with E-state index in [0.29, 0.717) is 0 Å². The predicted molar refractivity (Wildman–Crippen MR) is 75.1 cm³/mol. The summed E-state index contributed by atoms with van der Waals surface area (Å²) in [6, 6.07) is 2.03. The van der Waals surface area contributed by atoms with E-state index in [-0.39, 0.29) is 7.33 Å². The van der Waals surface area contributed by atoms with Crippen LogP contribution in [0.5, 0.6) is 0 Å². The Kier molecular flexibility index (Phi) is 4.07. The van der Waals surface area contributed by atoms with Crippen molar-refractivity contribution in [3.63, 3.8) is 0 Å². The number of amides is 1. The first kappa shape index (κ1) is 13.1. The van der Waals surface area contributed by atoms with Crippen molar-refractivity contribution in [2.75, 3.05) is 33.2 Å². The van der Waals surface area contributed by atoms with E-state index in [1.54, 1.807) is 0 Å². The van der Waals surface area contributed by atoms with E-state index in [1.807, 2.05) is 11.0 Å². The van der Waals surface area contributed by atoms with Crippen LogP contribution in [0, 0.1) is 0 Å². The van der Waals surface area contributed by atoms with Crippen LogP contribution in [0.3, 0.4) is 0 Å². The molecule has 0 atom stereocenters. The number of carbonyl (C=O) groups is 1. The van der Waals surface area contributed by atoms with Gasteiger partial charge in [0.1, 0.15) is 5.69 Å². The molecule has 0 spiro atoms. The smallest absolute Gasteiger partial charge is 0.270 e. The summed E-state index contributed by atoms with van der Waals surface area (Å²) in [4.78, 5) is 19.9. The van der Waals surface area contributed by atoms with Gasteiger partial charge in [-0.25, -0.2) is 0 Å². The van der Waals surface area contributed by atoms with E-state index < -0.39 is 0 Å². The Hall–Kier alpha value is -1.29. The minimum absolute atomic E-state index is 0. The van der Waals surface area contributed by atoms with E-state index in [0.717, 1.165) is 44.7 Å². The van der Waals surface area contributed by atoms with Gasteiger partial charge >= 0.3 is 0 Å². The van der Waals surface area contributed by atoms with Crippen LogP contribution < -0.4 is 0 Å². The van der Waals surface area contributed by atoms with Crippen molar-refractivity contribution in [1.29, 1.82) is 0 Å². The molecular weight excluding hydrogens is 226 g/mol. The highest BCUT2D eigenvalue weighted by molar-refractivity contribution is 5.93. The monoisotopic (exact) mass is 251 g/mol. The maximum atomic E-state index is 12.4. The molecular formula is C14H25N3O. The van der Waals surface area contributed by atoms with E-state index in [2.05, 4.69) is 30.8 Å². The van der Waals surface area contributed by atoms with Gasteiger partial charge in [-0.1, -0.05) is 13.8 Å². The summed E-state index contributed by atoms with van der Waals surface area (Å²) >= 11 is 0. The molecule has 18 heavy (non-hydrogen) atoms. The molecule has 0 bridgehead atoms. The van der Waals surface area contributed by atoms with Crippen molar-refractivity contribution in [3.8, 4) is 0 Å². The molecule has 4 heteroatoms. The Balaban J connectivity index is 0.00000180. The largest absolute Gasteiger partial charge is 0.354 e. The van der Waals surface area contributed by atoms with Gasteiger partial charge in [0.15, 0.2) is 0 Å². The van der Waals surface area contributed by atoms with E-state index in [4.69, 9.17) is 0 Å². The molecule has 0 saturated carbocycles. The summed E-state index contributed by atoms with van der Waals surface area (Å²) in [5.74, 6) is 0.150. The summed E-state index contributed by atoms with van der Waals surface area (Å²) in [5, 5.41) is 0. The molecule has 2 rings (SSSR count). The molecule has 1 aliphatic rings. The molecule has 4 nitrogen and oxygen atoms in total. The highest BCUT2D eigenvalue weighted by Gasteiger charge is 2.22. The first-order valence-corrected chi connectivity index (χ1v) is 6.84. The van der Waals surface area contributed by atoms with Crippen LogP contribution in [-0.4, -0.2) is 53.9 Å². The van der Waals surface area contributed by atoms with Crippen molar-refractivity contribution in [2.45, 2.75) is 26.7 Å². The van der Waals surface area contributed by atoms with Crippen LogP contribution in [0.1, 0.15) is 37.0 Å². The van der Waals surface area contributed by atoms with Crippen LogP contribution >= 0.6 is 0 Å². The second-order valence-electron chi connectivity index (χ2n) is 4.99. The zero-order valence-electron chi connectivity index (χ0n) is 11.6. The van der Waals surface area contributed by atoms with Crippen LogP contribution in [0.25, 0.3) is 0 Å². The molecule has 2 heterocycles. The fraction of sp³-hybridized carbons (Fsp3) is 0.643. The van der Waals surface area contributed by atoms with Gasteiger partial charge in [0, 0.05) is 33.3 Å². The normalized spacial score (nSPS) is 17.2. The summed E-state index contributed by atoms with van der Waals surface area (Å²) < 4.78 is 0. The molecule has 1 N–H and O–H groups in total. The first-order valence-electron chi connectivity index (χ1n) is 6.84. The molecule has 1 aromatic rings. The molecule has 102 valence electrons. The Morgan fingerprint density at radius 3 is 2.44 bits per heavy atom. The molecule has 1 aliphatic heterocycles. The Morgan fingerprint density at radius 1 is 1.28 bits per heavy atom. The lowest BCUT2D eigenvalue weighted by molar-refractivity contribution is 0.0658. The van der Waals surface area contributed by atoms with Gasteiger partial charge in [-0.2, -0.15) is 0 Å². The van der Waals surface area contributed by atoms with Crippen molar-refractivity contribution in [1.82, 2.24) is 14.8 Å². The van der Waals surface area contributed by atoms with Gasteiger partial charge in [0.25, 0.3) is 5.91 Å². The topological polar surface area (TPSA) is 39.3 Å². The Labute approximate surface area is 110 Å². The number of hydrogen-bond acceptors (Lipinski definition) is 2. The Bertz CT molecular complexity index is 401. The number of aromatic nitrogens is 1. The van der Waals surface area contributed by atoms with Crippen molar-refractivity contribution >= 4 is 5.91 Å². The third-order valence-corrected chi connectivity index (χ3v) is 3.75. The molecule has 1 aromatic heterocycles. The van der Waals surface area contributed by atoms with E-state index in [1.165, 1.54) is 11.3 Å². The van der Waals surface area contributed by atoms with Gasteiger partial charge in [-0.3, -0.25) is 4.79 Å². The number of likely N-dealkylation sites (N-methyl/N-ethyl adjacent to an activating group) is 1. The Morgan fingerprint density at radius 2 is 1.94 bits per heavy atom. The standard InChI is InChI=1S/C14H23N3O.H2/c1-4-11-10-13(15-12(11)5-2)14(18)17-8-6-16(3)7-9-17;/h10,15H,4-9H2,1-3H3;1H. The molecule has 0 radical (unpaired) electrons. The number of hydrogen-bond donors (Lipinski definition) is 1.